The van der Waals surface area contributed by atoms with Gasteiger partial charge in [0.05, 0.1) is 12.7 Å². The molecule has 4 nitrogen and oxygen atoms in total. The average molecular weight is 231 g/mol. The second kappa shape index (κ2) is 4.04. The fraction of sp³-hybridized carbons (Fsp3) is 0.462. The van der Waals surface area contributed by atoms with Crippen LogP contribution in [0.2, 0.25) is 0 Å². The van der Waals surface area contributed by atoms with Crippen LogP contribution >= 0.6 is 0 Å². The molecule has 2 aromatic rings. The molecular weight excluding hydrogens is 214 g/mol. The fourth-order valence-electron chi connectivity index (χ4n) is 2.47. The first-order chi connectivity index (χ1) is 8.22. The van der Waals surface area contributed by atoms with Crippen LogP contribution in [-0.2, 0) is 19.5 Å². The van der Waals surface area contributed by atoms with Gasteiger partial charge in [-0.05, 0) is 25.5 Å². The van der Waals surface area contributed by atoms with Crippen molar-refractivity contribution in [3.05, 3.63) is 40.6 Å². The van der Waals surface area contributed by atoms with E-state index in [-0.39, 0.29) is 0 Å². The predicted octanol–water partition coefficient (Wildman–Crippen LogP) is 2.18. The molecule has 3 heterocycles. The number of rotatable bonds is 2. The number of aromatic nitrogens is 2. The van der Waals surface area contributed by atoms with E-state index < -0.39 is 0 Å². The van der Waals surface area contributed by atoms with Crippen LogP contribution < -0.4 is 0 Å². The summed E-state index contributed by atoms with van der Waals surface area (Å²) in [5, 5.41) is 7.15. The first-order valence-electron chi connectivity index (χ1n) is 6.02. The molecule has 1 N–H and O–H groups in total. The van der Waals surface area contributed by atoms with Crippen molar-refractivity contribution >= 4 is 0 Å². The number of fused-ring (bicyclic) bond motifs is 1. The van der Waals surface area contributed by atoms with Crippen molar-refractivity contribution in [2.24, 2.45) is 0 Å². The molecule has 4 heteroatoms. The molecule has 0 atom stereocenters. The second-order valence-electron chi connectivity index (χ2n) is 4.80. The molecule has 0 unspecified atom stereocenters. The van der Waals surface area contributed by atoms with Crippen molar-refractivity contribution in [3.8, 4) is 0 Å². The molecule has 0 fully saturated rings. The van der Waals surface area contributed by atoms with Gasteiger partial charge in [-0.3, -0.25) is 10.00 Å². The number of aromatic amines is 1. The number of hydrogen-bond acceptors (Lipinski definition) is 3. The topological polar surface area (TPSA) is 45.1 Å². The summed E-state index contributed by atoms with van der Waals surface area (Å²) in [6.45, 7) is 7.03. The molecule has 1 aliphatic heterocycles. The Balaban J connectivity index is 1.74. The maximum atomic E-state index is 5.72. The Morgan fingerprint density at radius 2 is 2.35 bits per heavy atom. The highest BCUT2D eigenvalue weighted by Gasteiger charge is 2.19. The summed E-state index contributed by atoms with van der Waals surface area (Å²) < 4.78 is 5.72. The van der Waals surface area contributed by atoms with Crippen molar-refractivity contribution in [2.45, 2.75) is 33.4 Å². The number of aryl methyl sites for hydroxylation is 2. The number of furan rings is 1. The Kier molecular flexibility index (Phi) is 2.52. The Labute approximate surface area is 101 Å². The Morgan fingerprint density at radius 3 is 3.12 bits per heavy atom. The smallest absolute Gasteiger partial charge is 0.121 e. The summed E-state index contributed by atoms with van der Waals surface area (Å²) in [5.74, 6) is 2.09. The number of hydrogen-bond donors (Lipinski definition) is 1. The highest BCUT2D eigenvalue weighted by atomic mass is 16.3. The van der Waals surface area contributed by atoms with Gasteiger partial charge in [0.1, 0.15) is 11.5 Å². The van der Waals surface area contributed by atoms with Gasteiger partial charge in [0.25, 0.3) is 0 Å². The van der Waals surface area contributed by atoms with Crippen molar-refractivity contribution in [1.82, 2.24) is 15.1 Å². The van der Waals surface area contributed by atoms with E-state index in [0.29, 0.717) is 0 Å². The van der Waals surface area contributed by atoms with Gasteiger partial charge in [0, 0.05) is 30.8 Å². The monoisotopic (exact) mass is 231 g/mol. The summed E-state index contributed by atoms with van der Waals surface area (Å²) in [6.07, 6.45) is 2.98. The molecule has 0 aliphatic carbocycles. The maximum Gasteiger partial charge on any atom is 0.121 e. The zero-order valence-corrected chi connectivity index (χ0v) is 10.3. The molecule has 2 aromatic heterocycles. The van der Waals surface area contributed by atoms with Gasteiger partial charge < -0.3 is 4.42 Å². The molecule has 0 radical (unpaired) electrons. The third-order valence-electron chi connectivity index (χ3n) is 3.39. The molecular formula is C13H17N3O. The van der Waals surface area contributed by atoms with E-state index in [1.165, 1.54) is 16.8 Å². The number of nitrogens with zero attached hydrogens (tertiary/aromatic N) is 2. The van der Waals surface area contributed by atoms with Crippen LogP contribution in [-0.4, -0.2) is 21.6 Å². The molecule has 1 aliphatic rings. The van der Waals surface area contributed by atoms with Crippen LogP contribution in [0.4, 0.5) is 0 Å². The van der Waals surface area contributed by atoms with E-state index in [4.69, 9.17) is 4.42 Å². The van der Waals surface area contributed by atoms with Crippen LogP contribution in [0.25, 0.3) is 0 Å². The molecule has 90 valence electrons. The van der Waals surface area contributed by atoms with Crippen molar-refractivity contribution in [3.63, 3.8) is 0 Å². The summed E-state index contributed by atoms with van der Waals surface area (Å²) in [5.41, 5.74) is 3.85. The van der Waals surface area contributed by atoms with Gasteiger partial charge in [-0.1, -0.05) is 0 Å². The molecule has 0 amide bonds. The second-order valence-corrected chi connectivity index (χ2v) is 4.80. The Bertz CT molecular complexity index is 527. The zero-order valence-electron chi connectivity index (χ0n) is 10.3. The fourth-order valence-corrected chi connectivity index (χ4v) is 2.47. The highest BCUT2D eigenvalue weighted by molar-refractivity contribution is 5.22. The summed E-state index contributed by atoms with van der Waals surface area (Å²) in [4.78, 5) is 2.41. The third kappa shape index (κ3) is 2.00. The first-order valence-corrected chi connectivity index (χ1v) is 6.02. The molecule has 0 bridgehead atoms. The van der Waals surface area contributed by atoms with Crippen molar-refractivity contribution < 1.29 is 4.42 Å². The minimum atomic E-state index is 0.893. The van der Waals surface area contributed by atoms with Crippen molar-refractivity contribution in [1.29, 1.82) is 0 Å². The van der Waals surface area contributed by atoms with E-state index in [1.807, 2.05) is 13.1 Å². The minimum absolute atomic E-state index is 0.893. The van der Waals surface area contributed by atoms with Crippen LogP contribution in [0.1, 0.15) is 28.3 Å². The van der Waals surface area contributed by atoms with Gasteiger partial charge in [0.15, 0.2) is 0 Å². The lowest BCUT2D eigenvalue weighted by atomic mass is 10.1. The highest BCUT2D eigenvalue weighted by Crippen LogP contribution is 2.21. The van der Waals surface area contributed by atoms with Crippen LogP contribution in [0, 0.1) is 13.8 Å². The maximum absolute atomic E-state index is 5.72. The average Bonchev–Trinajstić information content (AvgIpc) is 2.85. The van der Waals surface area contributed by atoms with E-state index in [9.17, 15) is 0 Å². The molecule has 17 heavy (non-hydrogen) atoms. The molecule has 0 saturated heterocycles. The van der Waals surface area contributed by atoms with Crippen LogP contribution in [0.3, 0.4) is 0 Å². The largest absolute Gasteiger partial charge is 0.465 e. The van der Waals surface area contributed by atoms with Crippen LogP contribution in [0.5, 0.6) is 0 Å². The zero-order chi connectivity index (χ0) is 11.8. The van der Waals surface area contributed by atoms with Gasteiger partial charge in [-0.25, -0.2) is 0 Å². The predicted molar refractivity (Wildman–Crippen MR) is 64.6 cm³/mol. The summed E-state index contributed by atoms with van der Waals surface area (Å²) in [7, 11) is 0. The van der Waals surface area contributed by atoms with E-state index >= 15 is 0 Å². The van der Waals surface area contributed by atoms with Crippen molar-refractivity contribution in [2.75, 3.05) is 6.54 Å². The molecule has 0 saturated carbocycles. The van der Waals surface area contributed by atoms with E-state index in [1.54, 1.807) is 0 Å². The third-order valence-corrected chi connectivity index (χ3v) is 3.39. The Hall–Kier alpha value is -1.55. The van der Waals surface area contributed by atoms with Crippen LogP contribution in [0.15, 0.2) is 16.7 Å². The summed E-state index contributed by atoms with van der Waals surface area (Å²) in [6, 6.07) is 2.10. The standard InChI is InChI=1S/C13H17N3O/c1-9-5-10(2)17-13(9)8-16-4-3-12-11(7-16)6-14-15-12/h5-6H,3-4,7-8H2,1-2H3,(H,14,15). The van der Waals surface area contributed by atoms with Gasteiger partial charge in [-0.15, -0.1) is 0 Å². The summed E-state index contributed by atoms with van der Waals surface area (Å²) >= 11 is 0. The van der Waals surface area contributed by atoms with E-state index in [2.05, 4.69) is 28.1 Å². The lowest BCUT2D eigenvalue weighted by molar-refractivity contribution is 0.223. The number of H-pyrrole nitrogens is 1. The van der Waals surface area contributed by atoms with Gasteiger partial charge in [-0.2, -0.15) is 5.10 Å². The lowest BCUT2D eigenvalue weighted by Crippen LogP contribution is -2.29. The van der Waals surface area contributed by atoms with Gasteiger partial charge >= 0.3 is 0 Å². The number of nitrogens with one attached hydrogen (secondary N) is 1. The Morgan fingerprint density at radius 1 is 1.47 bits per heavy atom. The first kappa shape index (κ1) is 10.6. The normalized spacial score (nSPS) is 16.1. The minimum Gasteiger partial charge on any atom is -0.465 e. The molecule has 3 rings (SSSR count). The molecule has 0 spiro atoms. The quantitative estimate of drug-likeness (QED) is 0.861. The lowest BCUT2D eigenvalue weighted by Gasteiger charge is -2.25. The van der Waals surface area contributed by atoms with Gasteiger partial charge in [0.2, 0.25) is 0 Å². The SMILES string of the molecule is Cc1cc(C)c(CN2CCc3[nH]ncc3C2)o1. The van der Waals surface area contributed by atoms with E-state index in [0.717, 1.165) is 37.6 Å². The molecule has 0 aromatic carbocycles.